The molecule has 2 aromatic rings. The number of halogens is 3. The molecule has 0 bridgehead atoms. The number of piperidine rings is 1. The van der Waals surface area contributed by atoms with Crippen LogP contribution in [-0.2, 0) is 6.18 Å². The largest absolute Gasteiger partial charge is 0.416 e. The van der Waals surface area contributed by atoms with Crippen LogP contribution in [0.1, 0.15) is 46.7 Å². The highest BCUT2D eigenvalue weighted by atomic mass is 19.4. The van der Waals surface area contributed by atoms with Gasteiger partial charge < -0.3 is 15.5 Å². The van der Waals surface area contributed by atoms with Crippen LogP contribution in [0.25, 0.3) is 0 Å². The normalized spacial score (nSPS) is 22.7. The second kappa shape index (κ2) is 8.40. The highest BCUT2D eigenvalue weighted by Gasteiger charge is 2.39. The molecule has 2 aromatic carbocycles. The van der Waals surface area contributed by atoms with Crippen LogP contribution >= 0.6 is 0 Å². The average molecular weight is 417 g/mol. The maximum Gasteiger partial charge on any atom is 0.416 e. The van der Waals surface area contributed by atoms with E-state index in [0.29, 0.717) is 23.6 Å². The molecule has 0 spiro atoms. The molecule has 2 aliphatic rings. The summed E-state index contributed by atoms with van der Waals surface area (Å²) in [5.74, 6) is 0.0444. The number of anilines is 1. The zero-order valence-electron chi connectivity index (χ0n) is 16.9. The fourth-order valence-electron chi connectivity index (χ4n) is 4.08. The fraction of sp³-hybridized carbons (Fsp3) is 0.435. The number of rotatable bonds is 5. The van der Waals surface area contributed by atoms with Crippen molar-refractivity contribution >= 4 is 11.6 Å². The smallest absolute Gasteiger partial charge is 0.322 e. The molecule has 1 aliphatic heterocycles. The lowest BCUT2D eigenvalue weighted by Gasteiger charge is -2.29. The molecule has 1 heterocycles. The molecule has 0 unspecified atom stereocenters. The van der Waals surface area contributed by atoms with E-state index >= 15 is 0 Å². The first kappa shape index (κ1) is 20.9. The Bertz CT molecular complexity index is 889. The van der Waals surface area contributed by atoms with Gasteiger partial charge in [-0.1, -0.05) is 18.2 Å². The maximum absolute atomic E-state index is 12.8. The van der Waals surface area contributed by atoms with Gasteiger partial charge >= 0.3 is 6.18 Å². The molecule has 4 nitrogen and oxygen atoms in total. The Hall–Kier alpha value is -2.38. The van der Waals surface area contributed by atoms with Gasteiger partial charge in [-0.15, -0.1) is 0 Å². The summed E-state index contributed by atoms with van der Waals surface area (Å²) in [6, 6.07) is 13.1. The summed E-state index contributed by atoms with van der Waals surface area (Å²) in [5.41, 5.74) is 0.962. The zero-order valence-corrected chi connectivity index (χ0v) is 16.9. The minimum Gasteiger partial charge on any atom is -0.322 e. The zero-order chi connectivity index (χ0) is 21.3. The topological polar surface area (TPSA) is 44.4 Å². The van der Waals surface area contributed by atoms with Crippen molar-refractivity contribution in [1.82, 2.24) is 10.2 Å². The molecule has 1 amide bonds. The van der Waals surface area contributed by atoms with Gasteiger partial charge in [-0.25, -0.2) is 0 Å². The van der Waals surface area contributed by atoms with E-state index in [-0.39, 0.29) is 5.69 Å². The van der Waals surface area contributed by atoms with Crippen molar-refractivity contribution in [3.8, 4) is 0 Å². The molecule has 0 radical (unpaired) electrons. The van der Waals surface area contributed by atoms with E-state index < -0.39 is 17.6 Å². The van der Waals surface area contributed by atoms with Gasteiger partial charge in [0.1, 0.15) is 0 Å². The third-order valence-corrected chi connectivity index (χ3v) is 6.01. The number of carbonyl (C=O) groups is 1. The molecule has 1 saturated carbocycles. The van der Waals surface area contributed by atoms with E-state index in [1.165, 1.54) is 30.5 Å². The predicted octanol–water partition coefficient (Wildman–Crippen LogP) is 4.50. The summed E-state index contributed by atoms with van der Waals surface area (Å²) in [4.78, 5) is 14.8. The lowest BCUT2D eigenvalue weighted by molar-refractivity contribution is -0.137. The van der Waals surface area contributed by atoms with Gasteiger partial charge in [0.15, 0.2) is 0 Å². The molecule has 0 aromatic heterocycles. The van der Waals surface area contributed by atoms with Crippen molar-refractivity contribution in [2.24, 2.45) is 0 Å². The Balaban J connectivity index is 1.32. The van der Waals surface area contributed by atoms with Gasteiger partial charge in [0, 0.05) is 29.3 Å². The first-order chi connectivity index (χ1) is 14.3. The van der Waals surface area contributed by atoms with Crippen LogP contribution in [0.2, 0.25) is 0 Å². The predicted molar refractivity (Wildman–Crippen MR) is 111 cm³/mol. The van der Waals surface area contributed by atoms with Crippen LogP contribution in [0, 0.1) is 0 Å². The molecular formula is C23H26F3N3O. The van der Waals surface area contributed by atoms with Crippen molar-refractivity contribution in [1.29, 1.82) is 0 Å². The third-order valence-electron chi connectivity index (χ3n) is 6.01. The Morgan fingerprint density at radius 2 is 1.77 bits per heavy atom. The summed E-state index contributed by atoms with van der Waals surface area (Å²) >= 11 is 0. The molecule has 30 heavy (non-hydrogen) atoms. The second-order valence-corrected chi connectivity index (χ2v) is 8.35. The lowest BCUT2D eigenvalue weighted by atomic mass is 10.0. The maximum atomic E-state index is 12.8. The van der Waals surface area contributed by atoms with E-state index in [1.807, 2.05) is 12.1 Å². The number of hydrogen-bond donors (Lipinski definition) is 2. The van der Waals surface area contributed by atoms with Crippen LogP contribution in [0.5, 0.6) is 0 Å². The molecule has 7 heteroatoms. The van der Waals surface area contributed by atoms with Gasteiger partial charge in [-0.05, 0) is 75.3 Å². The average Bonchev–Trinajstić information content (AvgIpc) is 3.48. The molecule has 2 atom stereocenters. The summed E-state index contributed by atoms with van der Waals surface area (Å²) in [5, 5.41) is 6.30. The summed E-state index contributed by atoms with van der Waals surface area (Å²) < 4.78 is 38.5. The first-order valence-electron chi connectivity index (χ1n) is 10.3. The van der Waals surface area contributed by atoms with Crippen molar-refractivity contribution in [2.75, 3.05) is 25.5 Å². The summed E-state index contributed by atoms with van der Waals surface area (Å²) in [6.07, 6.45) is -0.990. The number of likely N-dealkylation sites (tertiary alicyclic amines) is 1. The first-order valence-corrected chi connectivity index (χ1v) is 10.3. The highest BCUT2D eigenvalue weighted by Crippen LogP contribution is 2.41. The molecule has 4 rings (SSSR count). The summed E-state index contributed by atoms with van der Waals surface area (Å²) in [6.45, 7) is 2.26. The van der Waals surface area contributed by atoms with Crippen LogP contribution in [0.15, 0.2) is 48.5 Å². The second-order valence-electron chi connectivity index (χ2n) is 8.35. The molecule has 160 valence electrons. The molecule has 2 N–H and O–H groups in total. The number of benzene rings is 2. The number of amides is 1. The van der Waals surface area contributed by atoms with Crippen LogP contribution < -0.4 is 10.6 Å². The van der Waals surface area contributed by atoms with E-state index in [9.17, 15) is 18.0 Å². The minimum absolute atomic E-state index is 0.128. The quantitative estimate of drug-likeness (QED) is 0.753. The van der Waals surface area contributed by atoms with Crippen molar-refractivity contribution in [3.05, 3.63) is 65.2 Å². The minimum atomic E-state index is -4.44. The SMILES string of the molecule is CN1CCC(N[C@@H]2C[C@H]2c2ccc(C(=O)Nc3cccc(C(F)(F)F)c3)cc2)CC1. The Labute approximate surface area is 174 Å². The van der Waals surface area contributed by atoms with Gasteiger partial charge in [0.2, 0.25) is 0 Å². The molecule has 1 saturated heterocycles. The number of nitrogens with one attached hydrogen (secondary N) is 2. The monoisotopic (exact) mass is 417 g/mol. The van der Waals surface area contributed by atoms with Crippen molar-refractivity contribution in [2.45, 2.75) is 43.4 Å². The van der Waals surface area contributed by atoms with Gasteiger partial charge in [0.05, 0.1) is 5.56 Å². The number of carbonyl (C=O) groups excluding carboxylic acids is 1. The van der Waals surface area contributed by atoms with E-state index in [1.54, 1.807) is 12.1 Å². The van der Waals surface area contributed by atoms with E-state index in [4.69, 9.17) is 0 Å². The standard InChI is InChI=1S/C23H26F3N3O/c1-29-11-9-18(10-12-29)27-21-14-20(21)15-5-7-16(8-6-15)22(30)28-19-4-2-3-17(13-19)23(24,25)26/h2-8,13,18,20-21,27H,9-12,14H2,1H3,(H,28,30)/t20-,21+/m0/s1. The Kier molecular flexibility index (Phi) is 5.84. The third kappa shape index (κ3) is 5.02. The lowest BCUT2D eigenvalue weighted by Crippen LogP contribution is -2.41. The highest BCUT2D eigenvalue weighted by molar-refractivity contribution is 6.04. The Morgan fingerprint density at radius 1 is 1.07 bits per heavy atom. The number of alkyl halides is 3. The molecule has 2 fully saturated rings. The Morgan fingerprint density at radius 3 is 2.43 bits per heavy atom. The molecular weight excluding hydrogens is 391 g/mol. The van der Waals surface area contributed by atoms with Crippen LogP contribution in [-0.4, -0.2) is 43.0 Å². The molecule has 1 aliphatic carbocycles. The van der Waals surface area contributed by atoms with Crippen molar-refractivity contribution in [3.63, 3.8) is 0 Å². The fourth-order valence-corrected chi connectivity index (χ4v) is 4.08. The van der Waals surface area contributed by atoms with E-state index in [0.717, 1.165) is 31.6 Å². The van der Waals surface area contributed by atoms with Gasteiger partial charge in [0.25, 0.3) is 5.91 Å². The summed E-state index contributed by atoms with van der Waals surface area (Å²) in [7, 11) is 2.15. The van der Waals surface area contributed by atoms with Crippen LogP contribution in [0.3, 0.4) is 0 Å². The number of hydrogen-bond acceptors (Lipinski definition) is 3. The van der Waals surface area contributed by atoms with Crippen molar-refractivity contribution < 1.29 is 18.0 Å². The van der Waals surface area contributed by atoms with E-state index in [2.05, 4.69) is 22.6 Å². The van der Waals surface area contributed by atoms with Crippen LogP contribution in [0.4, 0.5) is 18.9 Å². The number of nitrogens with zero attached hydrogens (tertiary/aromatic N) is 1. The van der Waals surface area contributed by atoms with Gasteiger partial charge in [-0.3, -0.25) is 4.79 Å². The van der Waals surface area contributed by atoms with Gasteiger partial charge in [-0.2, -0.15) is 13.2 Å².